The number of hydroxylamine groups is 2. The summed E-state index contributed by atoms with van der Waals surface area (Å²) in [5, 5.41) is 11.1. The van der Waals surface area contributed by atoms with Gasteiger partial charge >= 0.3 is 0 Å². The Kier molecular flexibility index (Phi) is 3.29. The van der Waals surface area contributed by atoms with Crippen LogP contribution in [0, 0.1) is 0 Å². The van der Waals surface area contributed by atoms with E-state index in [2.05, 4.69) is 33.1 Å². The first-order chi connectivity index (χ1) is 9.95. The monoisotopic (exact) mass is 284 g/mol. The molecule has 5 heteroatoms. The van der Waals surface area contributed by atoms with Crippen LogP contribution >= 0.6 is 0 Å². The third-order valence-corrected chi connectivity index (χ3v) is 3.61. The number of hydrogen-bond donors (Lipinski definition) is 1. The van der Waals surface area contributed by atoms with Gasteiger partial charge in [-0.1, -0.05) is 18.2 Å². The number of fused-ring (bicyclic) bond motifs is 1. The van der Waals surface area contributed by atoms with E-state index in [9.17, 15) is 5.21 Å². The van der Waals surface area contributed by atoms with Gasteiger partial charge < -0.3 is 4.90 Å². The summed E-state index contributed by atoms with van der Waals surface area (Å²) in [5.74, 6) is 0.688. The number of allylic oxidation sites excluding steroid dienone is 1. The highest BCUT2D eigenvalue weighted by molar-refractivity contribution is 6.09. The number of rotatable bonds is 1. The molecule has 2 aliphatic heterocycles. The van der Waals surface area contributed by atoms with E-state index in [1.54, 1.807) is 12.4 Å². The van der Waals surface area contributed by atoms with Gasteiger partial charge in [-0.15, -0.1) is 0 Å². The fourth-order valence-electron chi connectivity index (χ4n) is 2.35. The molecule has 21 heavy (non-hydrogen) atoms. The summed E-state index contributed by atoms with van der Waals surface area (Å²) in [6, 6.07) is 8.32. The summed E-state index contributed by atoms with van der Waals surface area (Å²) in [6.45, 7) is 6.68. The van der Waals surface area contributed by atoms with Crippen molar-refractivity contribution in [2.24, 2.45) is 9.98 Å². The maximum absolute atomic E-state index is 9.97. The van der Waals surface area contributed by atoms with Crippen molar-refractivity contribution in [1.82, 2.24) is 5.06 Å². The van der Waals surface area contributed by atoms with Crippen molar-refractivity contribution in [2.75, 3.05) is 11.4 Å². The zero-order valence-corrected chi connectivity index (χ0v) is 12.6. The van der Waals surface area contributed by atoms with Gasteiger partial charge in [0.25, 0.3) is 0 Å². The number of aliphatic imine (C=N–C) groups is 2. The molecule has 0 aliphatic carbocycles. The molecule has 2 heterocycles. The second-order valence-corrected chi connectivity index (χ2v) is 6.27. The molecule has 0 saturated carbocycles. The van der Waals surface area contributed by atoms with Crippen LogP contribution in [0.5, 0.6) is 0 Å². The van der Waals surface area contributed by atoms with Crippen molar-refractivity contribution >= 4 is 17.9 Å². The molecular weight excluding hydrogens is 264 g/mol. The topological polar surface area (TPSA) is 51.4 Å². The minimum Gasteiger partial charge on any atom is -0.310 e. The molecule has 0 fully saturated rings. The molecule has 0 radical (unpaired) electrons. The first kappa shape index (κ1) is 13.8. The Bertz CT molecular complexity index is 640. The molecule has 0 aromatic heterocycles. The molecule has 1 aromatic carbocycles. The number of hydrogen-bond acceptors (Lipinski definition) is 5. The van der Waals surface area contributed by atoms with E-state index in [4.69, 9.17) is 0 Å². The smallest absolute Gasteiger partial charge is 0.230 e. The summed E-state index contributed by atoms with van der Waals surface area (Å²) >= 11 is 0. The minimum absolute atomic E-state index is 0.362. The number of guanidine groups is 1. The van der Waals surface area contributed by atoms with Crippen LogP contribution in [0.1, 0.15) is 26.3 Å². The van der Waals surface area contributed by atoms with E-state index in [-0.39, 0.29) is 5.54 Å². The standard InChI is InChI=1S/C16H20N4O/c1-16(2,3)20(21)11-13-10-17-15(18-13)19-9-8-12-6-4-5-7-14(12)19/h4-7,10-11,21H,8-9H2,1-3H3. The number of anilines is 1. The van der Waals surface area contributed by atoms with Gasteiger partial charge in [0.1, 0.15) is 5.70 Å². The Morgan fingerprint density at radius 2 is 2.05 bits per heavy atom. The van der Waals surface area contributed by atoms with Gasteiger partial charge in [0.2, 0.25) is 5.96 Å². The van der Waals surface area contributed by atoms with E-state index < -0.39 is 0 Å². The molecule has 5 nitrogen and oxygen atoms in total. The third-order valence-electron chi connectivity index (χ3n) is 3.61. The lowest BCUT2D eigenvalue weighted by Crippen LogP contribution is -2.34. The van der Waals surface area contributed by atoms with Crippen molar-refractivity contribution < 1.29 is 5.21 Å². The van der Waals surface area contributed by atoms with E-state index in [0.717, 1.165) is 13.0 Å². The Labute approximate surface area is 124 Å². The largest absolute Gasteiger partial charge is 0.310 e. The molecule has 2 aliphatic rings. The summed E-state index contributed by atoms with van der Waals surface area (Å²) in [7, 11) is 0. The van der Waals surface area contributed by atoms with Gasteiger partial charge in [0.05, 0.1) is 18.0 Å². The van der Waals surface area contributed by atoms with Crippen LogP contribution in [-0.2, 0) is 6.42 Å². The van der Waals surface area contributed by atoms with E-state index in [0.29, 0.717) is 11.7 Å². The lowest BCUT2D eigenvalue weighted by Gasteiger charge is -2.27. The van der Waals surface area contributed by atoms with Crippen LogP contribution < -0.4 is 4.90 Å². The van der Waals surface area contributed by atoms with Gasteiger partial charge in [0.15, 0.2) is 0 Å². The van der Waals surface area contributed by atoms with E-state index in [1.807, 2.05) is 26.8 Å². The van der Waals surface area contributed by atoms with Crippen molar-refractivity contribution in [1.29, 1.82) is 0 Å². The highest BCUT2D eigenvalue weighted by Gasteiger charge is 2.25. The van der Waals surface area contributed by atoms with Crippen LogP contribution in [-0.4, -0.2) is 34.5 Å². The summed E-state index contributed by atoms with van der Waals surface area (Å²) in [5.41, 5.74) is 2.80. The predicted octanol–water partition coefficient (Wildman–Crippen LogP) is 2.82. The van der Waals surface area contributed by atoms with Gasteiger partial charge in [-0.25, -0.2) is 9.98 Å². The lowest BCUT2D eigenvalue weighted by atomic mass is 10.1. The maximum Gasteiger partial charge on any atom is 0.230 e. The van der Waals surface area contributed by atoms with Crippen molar-refractivity contribution in [3.05, 3.63) is 41.7 Å². The molecule has 0 saturated heterocycles. The normalized spacial score (nSPS) is 19.1. The maximum atomic E-state index is 9.97. The van der Waals surface area contributed by atoms with Gasteiger partial charge in [0, 0.05) is 12.2 Å². The highest BCUT2D eigenvalue weighted by atomic mass is 16.5. The Morgan fingerprint density at radius 3 is 2.81 bits per heavy atom. The van der Waals surface area contributed by atoms with Gasteiger partial charge in [-0.2, -0.15) is 0 Å². The van der Waals surface area contributed by atoms with Crippen molar-refractivity contribution in [3.8, 4) is 0 Å². The summed E-state index contributed by atoms with van der Waals surface area (Å²) in [6.07, 6.45) is 4.31. The third kappa shape index (κ3) is 2.69. The average molecular weight is 284 g/mol. The zero-order valence-electron chi connectivity index (χ0n) is 12.6. The quantitative estimate of drug-likeness (QED) is 0.807. The number of para-hydroxylation sites is 1. The molecule has 0 atom stereocenters. The average Bonchev–Trinajstić information content (AvgIpc) is 3.03. The van der Waals surface area contributed by atoms with Crippen LogP contribution in [0.15, 0.2) is 46.1 Å². The summed E-state index contributed by atoms with van der Waals surface area (Å²) in [4.78, 5) is 11.0. The van der Waals surface area contributed by atoms with Gasteiger partial charge in [-0.3, -0.25) is 10.3 Å². The van der Waals surface area contributed by atoms with Crippen molar-refractivity contribution in [2.45, 2.75) is 32.7 Å². The Morgan fingerprint density at radius 1 is 1.29 bits per heavy atom. The number of benzene rings is 1. The second kappa shape index (κ2) is 5.00. The molecular formula is C16H20N4O. The molecule has 0 spiro atoms. The SMILES string of the molecule is CC(C)(C)N(O)C=C1C=NC(N2CCc3ccccc32)=N1. The van der Waals surface area contributed by atoms with Crippen LogP contribution in [0.4, 0.5) is 5.69 Å². The van der Waals surface area contributed by atoms with E-state index in [1.165, 1.54) is 16.3 Å². The van der Waals surface area contributed by atoms with Gasteiger partial charge in [-0.05, 0) is 38.8 Å². The number of nitrogens with zero attached hydrogens (tertiary/aromatic N) is 4. The first-order valence-corrected chi connectivity index (χ1v) is 7.13. The Hall–Kier alpha value is -2.14. The molecule has 3 rings (SSSR count). The fourth-order valence-corrected chi connectivity index (χ4v) is 2.35. The van der Waals surface area contributed by atoms with Crippen LogP contribution in [0.25, 0.3) is 0 Å². The molecule has 1 N–H and O–H groups in total. The molecule has 0 bridgehead atoms. The molecule has 110 valence electrons. The summed E-state index contributed by atoms with van der Waals surface area (Å²) < 4.78 is 0. The second-order valence-electron chi connectivity index (χ2n) is 6.27. The predicted molar refractivity (Wildman–Crippen MR) is 84.9 cm³/mol. The zero-order chi connectivity index (χ0) is 15.0. The van der Waals surface area contributed by atoms with Crippen LogP contribution in [0.3, 0.4) is 0 Å². The molecule has 0 amide bonds. The minimum atomic E-state index is -0.362. The molecule has 0 unspecified atom stereocenters. The first-order valence-electron chi connectivity index (χ1n) is 7.13. The van der Waals surface area contributed by atoms with Crippen LogP contribution in [0.2, 0.25) is 0 Å². The fraction of sp³-hybridized carbons (Fsp3) is 0.375. The lowest BCUT2D eigenvalue weighted by molar-refractivity contribution is -0.110. The van der Waals surface area contributed by atoms with E-state index >= 15 is 0 Å². The highest BCUT2D eigenvalue weighted by Crippen LogP contribution is 2.29. The van der Waals surface area contributed by atoms with Crippen molar-refractivity contribution in [3.63, 3.8) is 0 Å². The Balaban J connectivity index is 1.83. The molecule has 1 aromatic rings.